The highest BCUT2D eigenvalue weighted by molar-refractivity contribution is 7.89. The zero-order chi connectivity index (χ0) is 21.3. The van der Waals surface area contributed by atoms with Gasteiger partial charge in [0.05, 0.1) is 5.75 Å². The van der Waals surface area contributed by atoms with Crippen molar-refractivity contribution in [1.82, 2.24) is 9.21 Å². The number of anilines is 3. The summed E-state index contributed by atoms with van der Waals surface area (Å²) in [5, 5.41) is 0.741. The second-order valence-corrected chi connectivity index (χ2v) is 10.7. The summed E-state index contributed by atoms with van der Waals surface area (Å²) in [4.78, 5) is 6.98. The molecule has 0 unspecified atom stereocenters. The van der Waals surface area contributed by atoms with E-state index in [1.54, 1.807) is 11.2 Å². The lowest BCUT2D eigenvalue weighted by Crippen LogP contribution is -2.49. The third-order valence-corrected chi connectivity index (χ3v) is 8.13. The van der Waals surface area contributed by atoms with Gasteiger partial charge in [-0.1, -0.05) is 11.6 Å². The summed E-state index contributed by atoms with van der Waals surface area (Å²) in [5.41, 5.74) is 4.81. The summed E-state index contributed by atoms with van der Waals surface area (Å²) in [6.07, 6.45) is 0. The molecule has 0 bridgehead atoms. The van der Waals surface area contributed by atoms with E-state index in [-0.39, 0.29) is 5.75 Å². The number of piperazine rings is 1. The molecular weight excluding hydrogens is 420 g/mol. The molecule has 4 rings (SSSR count). The van der Waals surface area contributed by atoms with Gasteiger partial charge >= 0.3 is 0 Å². The van der Waals surface area contributed by atoms with Crippen molar-refractivity contribution in [3.63, 3.8) is 0 Å². The standard InChI is InChI=1S/C22H29ClN4O2S/c1-3-30(28,29)26-13-11-25(12-14-26)21-8-9-22-18(16-21)17-24(2)10-15-27(22)20-6-4-19(23)5-7-20/h4-9,16H,3,10-15,17H2,1-2H3. The maximum Gasteiger partial charge on any atom is 0.213 e. The van der Waals surface area contributed by atoms with Crippen LogP contribution in [-0.2, 0) is 16.6 Å². The fraction of sp³-hybridized carbons (Fsp3) is 0.455. The second-order valence-electron chi connectivity index (χ2n) is 7.97. The largest absolute Gasteiger partial charge is 0.369 e. The van der Waals surface area contributed by atoms with E-state index in [9.17, 15) is 8.42 Å². The topological polar surface area (TPSA) is 47.1 Å². The summed E-state index contributed by atoms with van der Waals surface area (Å²) >= 11 is 6.09. The Bertz CT molecular complexity index is 989. The van der Waals surface area contributed by atoms with Crippen LogP contribution in [0.15, 0.2) is 42.5 Å². The Kier molecular flexibility index (Phi) is 6.25. The molecule has 0 spiro atoms. The molecule has 0 saturated carbocycles. The minimum Gasteiger partial charge on any atom is -0.369 e. The lowest BCUT2D eigenvalue weighted by molar-refractivity contribution is 0.343. The van der Waals surface area contributed by atoms with Crippen LogP contribution in [0.25, 0.3) is 0 Å². The summed E-state index contributed by atoms with van der Waals surface area (Å²) in [6.45, 7) is 7.00. The first-order chi connectivity index (χ1) is 14.4. The number of nitrogens with zero attached hydrogens (tertiary/aromatic N) is 4. The normalized spacial score (nSPS) is 18.9. The van der Waals surface area contributed by atoms with Crippen molar-refractivity contribution in [3.8, 4) is 0 Å². The molecule has 0 radical (unpaired) electrons. The van der Waals surface area contributed by atoms with E-state index in [0.29, 0.717) is 13.1 Å². The average Bonchev–Trinajstić information content (AvgIpc) is 2.92. The Morgan fingerprint density at radius 1 is 0.900 bits per heavy atom. The zero-order valence-corrected chi connectivity index (χ0v) is 19.2. The van der Waals surface area contributed by atoms with Gasteiger partial charge in [0.15, 0.2) is 0 Å². The molecule has 0 aliphatic carbocycles. The Morgan fingerprint density at radius 2 is 1.57 bits per heavy atom. The Balaban J connectivity index is 1.58. The molecule has 2 aromatic rings. The second kappa shape index (κ2) is 8.75. The van der Waals surface area contributed by atoms with E-state index in [2.05, 4.69) is 52.1 Å². The quantitative estimate of drug-likeness (QED) is 0.717. The Hall–Kier alpha value is -1.80. The van der Waals surface area contributed by atoms with Crippen molar-refractivity contribution in [2.75, 3.05) is 61.9 Å². The molecule has 0 N–H and O–H groups in total. The first-order valence-electron chi connectivity index (χ1n) is 10.4. The molecule has 2 heterocycles. The highest BCUT2D eigenvalue weighted by Gasteiger charge is 2.26. The monoisotopic (exact) mass is 448 g/mol. The summed E-state index contributed by atoms with van der Waals surface area (Å²) in [7, 11) is -0.961. The molecule has 6 nitrogen and oxygen atoms in total. The van der Waals surface area contributed by atoms with Gasteiger partial charge in [0.25, 0.3) is 0 Å². The minimum atomic E-state index is -3.11. The van der Waals surface area contributed by atoms with Gasteiger partial charge < -0.3 is 14.7 Å². The molecular formula is C22H29ClN4O2S. The van der Waals surface area contributed by atoms with Crippen LogP contribution in [0.1, 0.15) is 12.5 Å². The van der Waals surface area contributed by atoms with E-state index in [1.165, 1.54) is 11.3 Å². The molecule has 0 atom stereocenters. The highest BCUT2D eigenvalue weighted by atomic mass is 35.5. The molecule has 162 valence electrons. The zero-order valence-electron chi connectivity index (χ0n) is 17.6. The molecule has 2 aromatic carbocycles. The first-order valence-corrected chi connectivity index (χ1v) is 12.4. The van der Waals surface area contributed by atoms with E-state index in [4.69, 9.17) is 11.6 Å². The van der Waals surface area contributed by atoms with Gasteiger partial charge in [-0.05, 0) is 62.0 Å². The summed E-state index contributed by atoms with van der Waals surface area (Å²) in [5.74, 6) is 0.165. The fourth-order valence-electron chi connectivity index (χ4n) is 4.22. The maximum absolute atomic E-state index is 12.1. The lowest BCUT2D eigenvalue weighted by Gasteiger charge is -2.36. The molecule has 2 aliphatic rings. The first kappa shape index (κ1) is 21.4. The van der Waals surface area contributed by atoms with Gasteiger partial charge in [-0.3, -0.25) is 0 Å². The van der Waals surface area contributed by atoms with Crippen LogP contribution in [0, 0.1) is 0 Å². The highest BCUT2D eigenvalue weighted by Crippen LogP contribution is 2.34. The number of hydrogen-bond donors (Lipinski definition) is 0. The van der Waals surface area contributed by atoms with E-state index in [1.807, 2.05) is 12.1 Å². The van der Waals surface area contributed by atoms with Crippen molar-refractivity contribution in [3.05, 3.63) is 53.1 Å². The molecule has 8 heteroatoms. The van der Waals surface area contributed by atoms with Crippen LogP contribution in [0.4, 0.5) is 17.1 Å². The summed E-state index contributed by atoms with van der Waals surface area (Å²) < 4.78 is 25.9. The minimum absolute atomic E-state index is 0.165. The third-order valence-electron chi connectivity index (χ3n) is 6.00. The van der Waals surface area contributed by atoms with Crippen LogP contribution in [0.3, 0.4) is 0 Å². The van der Waals surface area contributed by atoms with Gasteiger partial charge in [-0.25, -0.2) is 8.42 Å². The summed E-state index contributed by atoms with van der Waals surface area (Å²) in [6, 6.07) is 14.6. The maximum atomic E-state index is 12.1. The smallest absolute Gasteiger partial charge is 0.213 e. The Morgan fingerprint density at radius 3 is 2.23 bits per heavy atom. The fourth-order valence-corrected chi connectivity index (χ4v) is 5.43. The molecule has 0 aromatic heterocycles. The number of likely N-dealkylation sites (N-methyl/N-ethyl adjacent to an activating group) is 1. The number of benzene rings is 2. The van der Waals surface area contributed by atoms with Crippen molar-refractivity contribution in [2.24, 2.45) is 0 Å². The van der Waals surface area contributed by atoms with Gasteiger partial charge in [-0.2, -0.15) is 4.31 Å². The number of rotatable bonds is 4. The number of hydrogen-bond acceptors (Lipinski definition) is 5. The van der Waals surface area contributed by atoms with Crippen molar-refractivity contribution >= 4 is 38.7 Å². The number of sulfonamides is 1. The van der Waals surface area contributed by atoms with Crippen molar-refractivity contribution in [1.29, 1.82) is 0 Å². The van der Waals surface area contributed by atoms with E-state index < -0.39 is 10.0 Å². The van der Waals surface area contributed by atoms with Crippen LogP contribution < -0.4 is 9.80 Å². The number of halogens is 1. The van der Waals surface area contributed by atoms with E-state index in [0.717, 1.165) is 49.1 Å². The molecule has 30 heavy (non-hydrogen) atoms. The van der Waals surface area contributed by atoms with Gasteiger partial charge in [0.2, 0.25) is 10.0 Å². The van der Waals surface area contributed by atoms with Crippen molar-refractivity contribution in [2.45, 2.75) is 13.5 Å². The Labute approximate surface area is 184 Å². The predicted molar refractivity (Wildman–Crippen MR) is 124 cm³/mol. The third kappa shape index (κ3) is 4.44. The van der Waals surface area contributed by atoms with E-state index >= 15 is 0 Å². The van der Waals surface area contributed by atoms with Crippen molar-refractivity contribution < 1.29 is 8.42 Å². The predicted octanol–water partition coefficient (Wildman–Crippen LogP) is 3.40. The van der Waals surface area contributed by atoms with Gasteiger partial charge in [0, 0.05) is 67.9 Å². The molecule has 2 aliphatic heterocycles. The lowest BCUT2D eigenvalue weighted by atomic mass is 10.1. The van der Waals surface area contributed by atoms with Crippen LogP contribution in [0.2, 0.25) is 5.02 Å². The van der Waals surface area contributed by atoms with Crippen LogP contribution in [0.5, 0.6) is 0 Å². The van der Waals surface area contributed by atoms with Crippen LogP contribution >= 0.6 is 11.6 Å². The SMILES string of the molecule is CCS(=O)(=O)N1CCN(c2ccc3c(c2)CN(C)CCN3c2ccc(Cl)cc2)CC1. The number of fused-ring (bicyclic) bond motifs is 1. The average molecular weight is 449 g/mol. The molecule has 1 saturated heterocycles. The van der Waals surface area contributed by atoms with Gasteiger partial charge in [0.1, 0.15) is 0 Å². The molecule has 1 fully saturated rings. The van der Waals surface area contributed by atoms with Crippen LogP contribution in [-0.4, -0.2) is 69.7 Å². The molecule has 0 amide bonds. The van der Waals surface area contributed by atoms with Gasteiger partial charge in [-0.15, -0.1) is 0 Å².